The average Bonchev–Trinajstić information content (AvgIpc) is 2.52. The summed E-state index contributed by atoms with van der Waals surface area (Å²) in [6.45, 7) is 3.98. The van der Waals surface area contributed by atoms with E-state index in [2.05, 4.69) is 9.84 Å². The minimum absolute atomic E-state index is 0.123. The van der Waals surface area contributed by atoms with E-state index in [4.69, 9.17) is 0 Å². The predicted molar refractivity (Wildman–Crippen MR) is 53.2 cm³/mol. The maximum Gasteiger partial charge on any atom is 0.313 e. The topological polar surface area (TPSA) is 61.2 Å². The monoisotopic (exact) mass is 210 g/mol. The van der Waals surface area contributed by atoms with Crippen molar-refractivity contribution in [1.82, 2.24) is 9.78 Å². The van der Waals surface area contributed by atoms with Gasteiger partial charge in [-0.05, 0) is 19.9 Å². The first kappa shape index (κ1) is 11.4. The SMILES string of the molecule is CCOC(=O)CC(=O)Cn1nccc1C. The zero-order valence-corrected chi connectivity index (χ0v) is 8.90. The molecule has 1 aromatic heterocycles. The number of esters is 1. The van der Waals surface area contributed by atoms with Gasteiger partial charge in [0.05, 0.1) is 6.61 Å². The lowest BCUT2D eigenvalue weighted by Crippen LogP contribution is -2.17. The number of ketones is 1. The van der Waals surface area contributed by atoms with Gasteiger partial charge in [-0.15, -0.1) is 0 Å². The summed E-state index contributed by atoms with van der Waals surface area (Å²) in [7, 11) is 0. The number of rotatable bonds is 5. The largest absolute Gasteiger partial charge is 0.466 e. The summed E-state index contributed by atoms with van der Waals surface area (Å²) in [5, 5.41) is 3.95. The van der Waals surface area contributed by atoms with Crippen molar-refractivity contribution in [2.45, 2.75) is 26.8 Å². The predicted octanol–water partition coefficient (Wildman–Crippen LogP) is 0.714. The fraction of sp³-hybridized carbons (Fsp3) is 0.500. The van der Waals surface area contributed by atoms with Crippen molar-refractivity contribution < 1.29 is 14.3 Å². The molecule has 0 aliphatic heterocycles. The number of hydrogen-bond acceptors (Lipinski definition) is 4. The van der Waals surface area contributed by atoms with Gasteiger partial charge in [-0.1, -0.05) is 0 Å². The number of ether oxygens (including phenoxy) is 1. The summed E-state index contributed by atoms with van der Waals surface area (Å²) in [5.74, 6) is -0.674. The van der Waals surface area contributed by atoms with Crippen LogP contribution < -0.4 is 0 Å². The maximum absolute atomic E-state index is 11.4. The molecule has 0 bridgehead atoms. The molecule has 0 aromatic carbocycles. The van der Waals surface area contributed by atoms with E-state index in [1.807, 2.05) is 6.92 Å². The van der Waals surface area contributed by atoms with Crippen LogP contribution in [0, 0.1) is 6.92 Å². The lowest BCUT2D eigenvalue weighted by atomic mass is 10.3. The van der Waals surface area contributed by atoms with E-state index < -0.39 is 5.97 Å². The highest BCUT2D eigenvalue weighted by Gasteiger charge is 2.11. The van der Waals surface area contributed by atoms with Gasteiger partial charge in [0, 0.05) is 11.9 Å². The van der Waals surface area contributed by atoms with Gasteiger partial charge in [-0.25, -0.2) is 0 Å². The van der Waals surface area contributed by atoms with Crippen LogP contribution in [0.4, 0.5) is 0 Å². The number of aryl methyl sites for hydroxylation is 1. The highest BCUT2D eigenvalue weighted by atomic mass is 16.5. The Hall–Kier alpha value is -1.65. The first-order valence-electron chi connectivity index (χ1n) is 4.79. The Morgan fingerprint density at radius 2 is 2.27 bits per heavy atom. The van der Waals surface area contributed by atoms with Crippen LogP contribution in [-0.2, 0) is 20.9 Å². The first-order chi connectivity index (χ1) is 7.13. The molecule has 0 aliphatic rings. The van der Waals surface area contributed by atoms with Crippen LogP contribution in [0.2, 0.25) is 0 Å². The second kappa shape index (κ2) is 5.29. The van der Waals surface area contributed by atoms with Gasteiger partial charge in [0.15, 0.2) is 5.78 Å². The van der Waals surface area contributed by atoms with Gasteiger partial charge in [0.1, 0.15) is 13.0 Å². The summed E-state index contributed by atoms with van der Waals surface area (Å²) in [6.07, 6.45) is 1.43. The van der Waals surface area contributed by atoms with E-state index in [-0.39, 0.29) is 18.7 Å². The van der Waals surface area contributed by atoms with E-state index in [1.54, 1.807) is 23.9 Å². The molecule has 0 N–H and O–H groups in total. The Balaban J connectivity index is 2.43. The molecule has 15 heavy (non-hydrogen) atoms. The van der Waals surface area contributed by atoms with Crippen LogP contribution in [0.3, 0.4) is 0 Å². The molecule has 0 spiro atoms. The number of nitrogens with zero attached hydrogens (tertiary/aromatic N) is 2. The number of carbonyl (C=O) groups is 2. The molecule has 5 nitrogen and oxygen atoms in total. The molecule has 82 valence electrons. The molecule has 0 fully saturated rings. The second-order valence-electron chi connectivity index (χ2n) is 3.15. The third kappa shape index (κ3) is 3.53. The van der Waals surface area contributed by atoms with Gasteiger partial charge in [0.2, 0.25) is 0 Å². The van der Waals surface area contributed by atoms with Crippen LogP contribution in [0.15, 0.2) is 12.3 Å². The standard InChI is InChI=1S/C10H14N2O3/c1-3-15-10(14)6-9(13)7-12-8(2)4-5-11-12/h4-5H,3,6-7H2,1-2H3. The van der Waals surface area contributed by atoms with Crippen LogP contribution in [0.1, 0.15) is 19.0 Å². The fourth-order valence-corrected chi connectivity index (χ4v) is 1.16. The van der Waals surface area contributed by atoms with Gasteiger partial charge >= 0.3 is 5.97 Å². The van der Waals surface area contributed by atoms with E-state index >= 15 is 0 Å². The molecule has 0 amide bonds. The van der Waals surface area contributed by atoms with Gasteiger partial charge in [0.25, 0.3) is 0 Å². The summed E-state index contributed by atoms with van der Waals surface area (Å²) in [5.41, 5.74) is 0.896. The highest BCUT2D eigenvalue weighted by molar-refractivity contribution is 5.95. The molecular formula is C10H14N2O3. The number of hydrogen-bond donors (Lipinski definition) is 0. The molecular weight excluding hydrogens is 196 g/mol. The quantitative estimate of drug-likeness (QED) is 0.530. The van der Waals surface area contributed by atoms with Crippen molar-refractivity contribution in [1.29, 1.82) is 0 Å². The van der Waals surface area contributed by atoms with Gasteiger partial charge < -0.3 is 4.74 Å². The molecule has 0 atom stereocenters. The normalized spacial score (nSPS) is 10.0. The average molecular weight is 210 g/mol. The Morgan fingerprint density at radius 3 is 2.80 bits per heavy atom. The van der Waals surface area contributed by atoms with E-state index in [0.29, 0.717) is 6.61 Å². The van der Waals surface area contributed by atoms with Crippen molar-refractivity contribution in [3.63, 3.8) is 0 Å². The number of aromatic nitrogens is 2. The summed E-state index contributed by atoms with van der Waals surface area (Å²) in [4.78, 5) is 22.4. The molecule has 1 aromatic rings. The minimum atomic E-state index is -0.479. The van der Waals surface area contributed by atoms with Crippen molar-refractivity contribution in [3.05, 3.63) is 18.0 Å². The Bertz CT molecular complexity index is 357. The molecule has 0 radical (unpaired) electrons. The second-order valence-corrected chi connectivity index (χ2v) is 3.15. The lowest BCUT2D eigenvalue weighted by Gasteiger charge is -2.03. The van der Waals surface area contributed by atoms with E-state index in [0.717, 1.165) is 5.69 Å². The van der Waals surface area contributed by atoms with Crippen LogP contribution in [-0.4, -0.2) is 28.1 Å². The molecule has 0 unspecified atom stereocenters. The summed E-state index contributed by atoms with van der Waals surface area (Å²) in [6, 6.07) is 1.80. The molecule has 5 heteroatoms. The number of carbonyl (C=O) groups excluding carboxylic acids is 2. The first-order valence-corrected chi connectivity index (χ1v) is 4.79. The van der Waals surface area contributed by atoms with Crippen LogP contribution >= 0.6 is 0 Å². The highest BCUT2D eigenvalue weighted by Crippen LogP contribution is 1.98. The van der Waals surface area contributed by atoms with Gasteiger partial charge in [-0.2, -0.15) is 5.10 Å². The Labute approximate surface area is 88.0 Å². The van der Waals surface area contributed by atoms with Crippen LogP contribution in [0.5, 0.6) is 0 Å². The van der Waals surface area contributed by atoms with Crippen LogP contribution in [0.25, 0.3) is 0 Å². The van der Waals surface area contributed by atoms with Crippen molar-refractivity contribution in [3.8, 4) is 0 Å². The Kier molecular flexibility index (Phi) is 4.03. The molecule has 0 saturated heterocycles. The maximum atomic E-state index is 11.4. The van der Waals surface area contributed by atoms with Crippen molar-refractivity contribution >= 4 is 11.8 Å². The third-order valence-corrected chi connectivity index (χ3v) is 1.90. The Morgan fingerprint density at radius 1 is 1.53 bits per heavy atom. The number of Topliss-reactive ketones (excluding diaryl/α,β-unsaturated/α-hetero) is 1. The zero-order chi connectivity index (χ0) is 11.3. The van der Waals surface area contributed by atoms with E-state index in [1.165, 1.54) is 0 Å². The molecule has 1 heterocycles. The summed E-state index contributed by atoms with van der Waals surface area (Å²) < 4.78 is 6.23. The molecule has 0 saturated carbocycles. The fourth-order valence-electron chi connectivity index (χ4n) is 1.16. The third-order valence-electron chi connectivity index (χ3n) is 1.90. The molecule has 1 rings (SSSR count). The smallest absolute Gasteiger partial charge is 0.313 e. The molecule has 0 aliphatic carbocycles. The summed E-state index contributed by atoms with van der Waals surface area (Å²) >= 11 is 0. The van der Waals surface area contributed by atoms with E-state index in [9.17, 15) is 9.59 Å². The zero-order valence-electron chi connectivity index (χ0n) is 8.90. The van der Waals surface area contributed by atoms with Crippen molar-refractivity contribution in [2.24, 2.45) is 0 Å². The lowest BCUT2D eigenvalue weighted by molar-refractivity contribution is -0.145. The minimum Gasteiger partial charge on any atom is -0.466 e. The van der Waals surface area contributed by atoms with Crippen molar-refractivity contribution in [2.75, 3.05) is 6.61 Å². The van der Waals surface area contributed by atoms with Gasteiger partial charge in [-0.3, -0.25) is 14.3 Å².